The molecule has 2 unspecified atom stereocenters. The number of hydrogen-bond donors (Lipinski definition) is 2. The van der Waals surface area contributed by atoms with Crippen LogP contribution in [0.15, 0.2) is 24.3 Å². The second-order valence-electron chi connectivity index (χ2n) is 6.49. The van der Waals surface area contributed by atoms with Gasteiger partial charge in [-0.1, -0.05) is 43.7 Å². The van der Waals surface area contributed by atoms with Gasteiger partial charge in [-0.3, -0.25) is 0 Å². The fourth-order valence-electron chi connectivity index (χ4n) is 2.99. The first-order chi connectivity index (χ1) is 9.52. The van der Waals surface area contributed by atoms with Gasteiger partial charge in [-0.2, -0.15) is 0 Å². The Hall–Kier alpha value is -0.900. The van der Waals surface area contributed by atoms with Gasteiger partial charge in [0.05, 0.1) is 6.10 Å². The Labute approximate surface area is 123 Å². The Morgan fingerprint density at radius 3 is 2.60 bits per heavy atom. The Kier molecular flexibility index (Phi) is 5.19. The third-order valence-corrected chi connectivity index (χ3v) is 4.40. The molecule has 3 nitrogen and oxygen atoms in total. The van der Waals surface area contributed by atoms with E-state index in [1.54, 1.807) is 0 Å². The van der Waals surface area contributed by atoms with Gasteiger partial charge >= 0.3 is 0 Å². The standard InChI is InChI=1S/C17H28N2O/c1-4-19(13-17(3)9-10-18-12-17)11-16(20)15-7-5-14(2)6-8-15/h5-8,16,18,20H,4,9-13H2,1-3H3. The van der Waals surface area contributed by atoms with E-state index in [1.165, 1.54) is 12.0 Å². The molecule has 1 aromatic carbocycles. The van der Waals surface area contributed by atoms with Crippen LogP contribution in [0.5, 0.6) is 0 Å². The number of rotatable bonds is 6. The molecule has 0 radical (unpaired) electrons. The minimum atomic E-state index is -0.395. The summed E-state index contributed by atoms with van der Waals surface area (Å²) in [5.74, 6) is 0. The lowest BCUT2D eigenvalue weighted by atomic mass is 9.89. The highest BCUT2D eigenvalue weighted by atomic mass is 16.3. The quantitative estimate of drug-likeness (QED) is 0.837. The summed E-state index contributed by atoms with van der Waals surface area (Å²) < 4.78 is 0. The van der Waals surface area contributed by atoms with Gasteiger partial charge in [-0.05, 0) is 37.4 Å². The van der Waals surface area contributed by atoms with E-state index < -0.39 is 6.10 Å². The van der Waals surface area contributed by atoms with Crippen LogP contribution in [0.2, 0.25) is 0 Å². The molecule has 1 fully saturated rings. The van der Waals surface area contributed by atoms with Crippen LogP contribution in [-0.2, 0) is 0 Å². The van der Waals surface area contributed by atoms with Crippen LogP contribution >= 0.6 is 0 Å². The lowest BCUT2D eigenvalue weighted by molar-refractivity contribution is 0.0914. The van der Waals surface area contributed by atoms with Gasteiger partial charge in [0.25, 0.3) is 0 Å². The zero-order valence-corrected chi connectivity index (χ0v) is 13.0. The first-order valence-electron chi connectivity index (χ1n) is 7.70. The van der Waals surface area contributed by atoms with Crippen LogP contribution in [0.3, 0.4) is 0 Å². The zero-order valence-electron chi connectivity index (χ0n) is 13.0. The molecule has 112 valence electrons. The van der Waals surface area contributed by atoms with E-state index in [-0.39, 0.29) is 0 Å². The number of benzene rings is 1. The average Bonchev–Trinajstić information content (AvgIpc) is 2.85. The van der Waals surface area contributed by atoms with E-state index in [9.17, 15) is 5.11 Å². The largest absolute Gasteiger partial charge is 0.387 e. The third kappa shape index (κ3) is 4.05. The summed E-state index contributed by atoms with van der Waals surface area (Å²) in [5, 5.41) is 13.9. The summed E-state index contributed by atoms with van der Waals surface area (Å²) in [4.78, 5) is 2.37. The Balaban J connectivity index is 1.93. The van der Waals surface area contributed by atoms with Crippen molar-refractivity contribution in [2.45, 2.75) is 33.3 Å². The first kappa shape index (κ1) is 15.5. The van der Waals surface area contributed by atoms with Crippen molar-refractivity contribution in [2.75, 3.05) is 32.7 Å². The van der Waals surface area contributed by atoms with E-state index in [1.807, 2.05) is 12.1 Å². The zero-order chi connectivity index (χ0) is 14.6. The van der Waals surface area contributed by atoms with E-state index in [0.29, 0.717) is 5.41 Å². The molecule has 1 aliphatic rings. The van der Waals surface area contributed by atoms with Crippen molar-refractivity contribution < 1.29 is 5.11 Å². The normalized spacial score (nSPS) is 24.2. The molecule has 1 saturated heterocycles. The van der Waals surface area contributed by atoms with Crippen LogP contribution in [0.4, 0.5) is 0 Å². The maximum Gasteiger partial charge on any atom is 0.0916 e. The maximum atomic E-state index is 10.4. The van der Waals surface area contributed by atoms with Crippen LogP contribution in [0.1, 0.15) is 37.5 Å². The van der Waals surface area contributed by atoms with Crippen molar-refractivity contribution >= 4 is 0 Å². The topological polar surface area (TPSA) is 35.5 Å². The first-order valence-corrected chi connectivity index (χ1v) is 7.70. The molecule has 1 heterocycles. The Morgan fingerprint density at radius 2 is 2.05 bits per heavy atom. The lowest BCUT2D eigenvalue weighted by Crippen LogP contribution is -2.39. The highest BCUT2D eigenvalue weighted by molar-refractivity contribution is 5.23. The predicted octanol–water partition coefficient (Wildman–Crippen LogP) is 2.35. The molecule has 2 atom stereocenters. The third-order valence-electron chi connectivity index (χ3n) is 4.40. The molecule has 0 aliphatic carbocycles. The van der Waals surface area contributed by atoms with Gasteiger partial charge in [0.2, 0.25) is 0 Å². The molecule has 3 heteroatoms. The van der Waals surface area contributed by atoms with Crippen molar-refractivity contribution in [2.24, 2.45) is 5.41 Å². The number of nitrogens with one attached hydrogen (secondary N) is 1. The average molecular weight is 276 g/mol. The van der Waals surface area contributed by atoms with Gasteiger partial charge in [0.15, 0.2) is 0 Å². The van der Waals surface area contributed by atoms with Crippen molar-refractivity contribution in [3.8, 4) is 0 Å². The lowest BCUT2D eigenvalue weighted by Gasteiger charge is -2.32. The van der Waals surface area contributed by atoms with Crippen molar-refractivity contribution in [1.82, 2.24) is 10.2 Å². The highest BCUT2D eigenvalue weighted by Gasteiger charge is 2.30. The van der Waals surface area contributed by atoms with Gasteiger partial charge < -0.3 is 15.3 Å². The highest BCUT2D eigenvalue weighted by Crippen LogP contribution is 2.26. The fourth-order valence-corrected chi connectivity index (χ4v) is 2.99. The summed E-state index contributed by atoms with van der Waals surface area (Å²) in [5.41, 5.74) is 2.60. The SMILES string of the molecule is CCN(CC(O)c1ccc(C)cc1)CC1(C)CCNC1. The number of aryl methyl sites for hydroxylation is 1. The molecule has 0 amide bonds. The Bertz CT molecular complexity index is 410. The smallest absolute Gasteiger partial charge is 0.0916 e. The summed E-state index contributed by atoms with van der Waals surface area (Å²) in [6.07, 6.45) is 0.831. The molecule has 20 heavy (non-hydrogen) atoms. The van der Waals surface area contributed by atoms with Gasteiger partial charge in [0.1, 0.15) is 0 Å². The molecule has 0 aromatic heterocycles. The second-order valence-corrected chi connectivity index (χ2v) is 6.49. The van der Waals surface area contributed by atoms with Crippen molar-refractivity contribution in [3.63, 3.8) is 0 Å². The predicted molar refractivity (Wildman–Crippen MR) is 83.8 cm³/mol. The molecule has 1 aliphatic heterocycles. The van der Waals surface area contributed by atoms with E-state index in [2.05, 4.69) is 43.1 Å². The summed E-state index contributed by atoms with van der Waals surface area (Å²) in [6, 6.07) is 8.20. The summed E-state index contributed by atoms with van der Waals surface area (Å²) >= 11 is 0. The van der Waals surface area contributed by atoms with Crippen LogP contribution in [-0.4, -0.2) is 42.7 Å². The number of likely N-dealkylation sites (N-methyl/N-ethyl adjacent to an activating group) is 1. The molecule has 2 rings (SSSR count). The van der Waals surface area contributed by atoms with Gasteiger partial charge in [-0.15, -0.1) is 0 Å². The summed E-state index contributed by atoms with van der Waals surface area (Å²) in [6.45, 7) is 11.6. The van der Waals surface area contributed by atoms with Crippen molar-refractivity contribution in [1.29, 1.82) is 0 Å². The number of nitrogens with zero attached hydrogens (tertiary/aromatic N) is 1. The molecule has 0 spiro atoms. The number of hydrogen-bond acceptors (Lipinski definition) is 3. The molecular formula is C17H28N2O. The molecule has 0 bridgehead atoms. The molecule has 2 N–H and O–H groups in total. The molecule has 1 aromatic rings. The van der Waals surface area contributed by atoms with Crippen LogP contribution < -0.4 is 5.32 Å². The van der Waals surface area contributed by atoms with Gasteiger partial charge in [0, 0.05) is 19.6 Å². The summed E-state index contributed by atoms with van der Waals surface area (Å²) in [7, 11) is 0. The maximum absolute atomic E-state index is 10.4. The minimum absolute atomic E-state index is 0.350. The minimum Gasteiger partial charge on any atom is -0.387 e. The molecule has 0 saturated carbocycles. The van der Waals surface area contributed by atoms with E-state index in [4.69, 9.17) is 0 Å². The van der Waals surface area contributed by atoms with Crippen molar-refractivity contribution in [3.05, 3.63) is 35.4 Å². The number of aliphatic hydroxyl groups excluding tert-OH is 1. The van der Waals surface area contributed by atoms with Crippen LogP contribution in [0, 0.1) is 12.3 Å². The number of aliphatic hydroxyl groups is 1. The molecular weight excluding hydrogens is 248 g/mol. The Morgan fingerprint density at radius 1 is 1.35 bits per heavy atom. The van der Waals surface area contributed by atoms with Crippen LogP contribution in [0.25, 0.3) is 0 Å². The van der Waals surface area contributed by atoms with Gasteiger partial charge in [-0.25, -0.2) is 0 Å². The second kappa shape index (κ2) is 6.70. The van der Waals surface area contributed by atoms with E-state index in [0.717, 1.165) is 38.3 Å². The van der Waals surface area contributed by atoms with E-state index >= 15 is 0 Å². The monoisotopic (exact) mass is 276 g/mol. The fraction of sp³-hybridized carbons (Fsp3) is 0.647.